The second-order valence-electron chi connectivity index (χ2n) is 4.75. The van der Waals surface area contributed by atoms with Gasteiger partial charge in [-0.15, -0.1) is 0 Å². The van der Waals surface area contributed by atoms with Crippen molar-refractivity contribution in [2.24, 2.45) is 0 Å². The summed E-state index contributed by atoms with van der Waals surface area (Å²) in [5, 5.41) is 3.46. The zero-order valence-corrected chi connectivity index (χ0v) is 14.7. The van der Waals surface area contributed by atoms with Crippen LogP contribution in [0.3, 0.4) is 0 Å². The van der Waals surface area contributed by atoms with Gasteiger partial charge >= 0.3 is 6.18 Å². The first-order valence-electron chi connectivity index (χ1n) is 6.57. The summed E-state index contributed by atoms with van der Waals surface area (Å²) in [7, 11) is 0. The summed E-state index contributed by atoms with van der Waals surface area (Å²) in [6, 6.07) is 3.02. The number of benzene rings is 1. The van der Waals surface area contributed by atoms with Gasteiger partial charge in [-0.1, -0.05) is 23.7 Å². The second-order valence-corrected chi connectivity index (χ2v) is 5.91. The molecule has 0 spiro atoms. The Labute approximate surface area is 147 Å². The van der Waals surface area contributed by atoms with Gasteiger partial charge in [0.25, 0.3) is 5.91 Å². The van der Waals surface area contributed by atoms with Crippen LogP contribution in [0.4, 0.5) is 17.6 Å². The number of halogens is 6. The number of hydrogen-bond donors (Lipinski definition) is 0. The van der Waals surface area contributed by atoms with Gasteiger partial charge in [0, 0.05) is 0 Å². The Kier molecular flexibility index (Phi) is 5.19. The zero-order valence-electron chi connectivity index (χ0n) is 12.4. The van der Waals surface area contributed by atoms with E-state index in [-0.39, 0.29) is 20.2 Å². The average molecular weight is 426 g/mol. The third-order valence-corrected chi connectivity index (χ3v) is 4.09. The molecular weight excluding hydrogens is 416 g/mol. The van der Waals surface area contributed by atoms with E-state index in [1.807, 2.05) is 0 Å². The van der Waals surface area contributed by atoms with E-state index < -0.39 is 29.0 Å². The quantitative estimate of drug-likeness (QED) is 0.650. The van der Waals surface area contributed by atoms with Crippen molar-refractivity contribution in [1.29, 1.82) is 0 Å². The highest BCUT2D eigenvalue weighted by Gasteiger charge is 2.37. The van der Waals surface area contributed by atoms with Gasteiger partial charge in [-0.25, -0.2) is 4.39 Å². The highest BCUT2D eigenvalue weighted by molar-refractivity contribution is 9.10. The van der Waals surface area contributed by atoms with E-state index in [1.165, 1.54) is 19.1 Å². The Morgan fingerprint density at radius 3 is 2.50 bits per heavy atom. The maximum Gasteiger partial charge on any atom is 0.417 e. The summed E-state index contributed by atoms with van der Waals surface area (Å²) >= 11 is 8.83. The number of carbonyl (C=O) groups excluding carboxylic acids is 1. The van der Waals surface area contributed by atoms with Crippen LogP contribution >= 0.6 is 27.5 Å². The predicted octanol–water partition coefficient (Wildman–Crippen LogP) is 3.90. The van der Waals surface area contributed by atoms with Crippen molar-refractivity contribution < 1.29 is 22.4 Å². The number of alkyl halides is 3. The van der Waals surface area contributed by atoms with Crippen LogP contribution in [0, 0.1) is 0 Å². The van der Waals surface area contributed by atoms with Crippen molar-refractivity contribution in [3.05, 3.63) is 49.5 Å². The summed E-state index contributed by atoms with van der Waals surface area (Å²) in [6.07, 6.45) is -3.40. The Morgan fingerprint density at radius 1 is 1.38 bits per heavy atom. The molecule has 0 bridgehead atoms. The van der Waals surface area contributed by atoms with E-state index in [0.717, 1.165) is 19.1 Å². The highest BCUT2D eigenvalue weighted by Crippen LogP contribution is 2.35. The van der Waals surface area contributed by atoms with Crippen LogP contribution < -0.4 is 10.6 Å². The van der Waals surface area contributed by atoms with E-state index in [1.54, 1.807) is 0 Å². The molecule has 0 saturated heterocycles. The van der Waals surface area contributed by atoms with Crippen LogP contribution in [0.25, 0.3) is 11.9 Å². The van der Waals surface area contributed by atoms with Crippen molar-refractivity contribution in [2.75, 3.05) is 0 Å². The van der Waals surface area contributed by atoms with Gasteiger partial charge in [-0.2, -0.15) is 23.0 Å². The highest BCUT2D eigenvalue weighted by atomic mass is 79.9. The monoisotopic (exact) mass is 424 g/mol. The van der Waals surface area contributed by atoms with E-state index in [9.17, 15) is 22.4 Å². The maximum absolute atomic E-state index is 13.7. The summed E-state index contributed by atoms with van der Waals surface area (Å²) in [5.74, 6) is -1.74. The summed E-state index contributed by atoms with van der Waals surface area (Å²) in [4.78, 5) is 12.6. The molecule has 128 valence electrons. The Morgan fingerprint density at radius 2 is 2.00 bits per heavy atom. The van der Waals surface area contributed by atoms with Crippen molar-refractivity contribution in [3.63, 3.8) is 0 Å². The molecule has 0 saturated carbocycles. The molecule has 3 nitrogen and oxygen atoms in total. The first-order chi connectivity index (χ1) is 11.1. The van der Waals surface area contributed by atoms with Crippen LogP contribution in [0.15, 0.2) is 22.8 Å². The van der Waals surface area contributed by atoms with Crippen LogP contribution in [0.5, 0.6) is 0 Å². The molecule has 1 aromatic carbocycles. The zero-order chi connectivity index (χ0) is 18.2. The molecule has 9 heteroatoms. The van der Waals surface area contributed by atoms with Gasteiger partial charge in [0.1, 0.15) is 10.4 Å². The predicted molar refractivity (Wildman–Crippen MR) is 85.7 cm³/mol. The molecule has 0 aliphatic heterocycles. The molecule has 0 aliphatic rings. The molecular formula is C15H10BrClF4N2O. The lowest BCUT2D eigenvalue weighted by Gasteiger charge is -2.13. The van der Waals surface area contributed by atoms with Crippen LogP contribution in [0.1, 0.15) is 29.8 Å². The summed E-state index contributed by atoms with van der Waals surface area (Å²) in [5.41, 5.74) is -1.93. The third kappa shape index (κ3) is 3.25. The molecule has 1 aromatic heterocycles. The first-order valence-corrected chi connectivity index (χ1v) is 7.74. The van der Waals surface area contributed by atoms with Crippen molar-refractivity contribution in [2.45, 2.75) is 20.0 Å². The van der Waals surface area contributed by atoms with E-state index >= 15 is 0 Å². The van der Waals surface area contributed by atoms with E-state index in [0.29, 0.717) is 4.68 Å². The molecule has 2 rings (SSSR count). The normalized spacial score (nSPS) is 14.1. The molecule has 0 atom stereocenters. The molecule has 0 radical (unpaired) electrons. The number of nitrogens with zero attached hydrogens (tertiary/aromatic N) is 2. The molecule has 2 aromatic rings. The van der Waals surface area contributed by atoms with Crippen molar-refractivity contribution >= 4 is 45.3 Å². The fourth-order valence-electron chi connectivity index (χ4n) is 2.23. The first kappa shape index (κ1) is 18.7. The minimum atomic E-state index is -4.78. The standard InChI is InChI=1S/C15H10BrClF4N2O/c1-3-10-11(7(2)18)13(16)22-23(10)14(24)12-8(15(19,20)21)5-4-6-9(12)17/h3-6H,1-2H3. The second kappa shape index (κ2) is 6.68. The molecule has 0 amide bonds. The fraction of sp³-hybridized carbons (Fsp3) is 0.200. The molecule has 0 unspecified atom stereocenters. The Bertz CT molecular complexity index is 930. The minimum absolute atomic E-state index is 0.00422. The Balaban J connectivity index is 2.83. The number of hydrogen-bond acceptors (Lipinski definition) is 2. The summed E-state index contributed by atoms with van der Waals surface area (Å²) in [6.45, 7) is 2.66. The SMILES string of the molecule is CC=c1c(=C(C)F)c(Br)nn1C(=O)c1c(Cl)cccc1C(F)(F)F. The number of aromatic nitrogens is 2. The van der Waals surface area contributed by atoms with Gasteiger partial charge in [-0.3, -0.25) is 4.79 Å². The fourth-order valence-corrected chi connectivity index (χ4v) is 3.12. The Hall–Kier alpha value is -1.67. The van der Waals surface area contributed by atoms with Gasteiger partial charge in [0.2, 0.25) is 0 Å². The van der Waals surface area contributed by atoms with Crippen molar-refractivity contribution in [1.82, 2.24) is 9.78 Å². The molecule has 24 heavy (non-hydrogen) atoms. The van der Waals surface area contributed by atoms with Crippen LogP contribution in [0.2, 0.25) is 5.02 Å². The smallest absolute Gasteiger partial charge is 0.267 e. The summed E-state index contributed by atoms with van der Waals surface area (Å²) < 4.78 is 53.9. The molecule has 0 aliphatic carbocycles. The van der Waals surface area contributed by atoms with Gasteiger partial charge in [-0.05, 0) is 41.9 Å². The van der Waals surface area contributed by atoms with E-state index in [4.69, 9.17) is 11.6 Å². The number of rotatable bonds is 1. The van der Waals surface area contributed by atoms with Crippen molar-refractivity contribution in [3.8, 4) is 0 Å². The minimum Gasteiger partial charge on any atom is -0.267 e. The van der Waals surface area contributed by atoms with E-state index in [2.05, 4.69) is 21.0 Å². The van der Waals surface area contributed by atoms with Crippen LogP contribution in [-0.2, 0) is 6.18 Å². The molecule has 1 heterocycles. The lowest BCUT2D eigenvalue weighted by molar-refractivity contribution is -0.137. The lowest BCUT2D eigenvalue weighted by atomic mass is 10.1. The topological polar surface area (TPSA) is 34.9 Å². The maximum atomic E-state index is 13.7. The largest absolute Gasteiger partial charge is 0.417 e. The number of carbonyl (C=O) groups is 1. The van der Waals surface area contributed by atoms with Gasteiger partial charge in [0.15, 0.2) is 0 Å². The average Bonchev–Trinajstić information content (AvgIpc) is 2.82. The third-order valence-electron chi connectivity index (χ3n) is 3.22. The molecule has 0 N–H and O–H groups in total. The van der Waals surface area contributed by atoms with Gasteiger partial charge < -0.3 is 0 Å². The lowest BCUT2D eigenvalue weighted by Crippen LogP contribution is -2.35. The van der Waals surface area contributed by atoms with Crippen LogP contribution in [-0.4, -0.2) is 15.7 Å². The van der Waals surface area contributed by atoms with Gasteiger partial charge in [0.05, 0.1) is 26.7 Å². The molecule has 0 fully saturated rings.